The predicted molar refractivity (Wildman–Crippen MR) is 52.4 cm³/mol. The minimum absolute atomic E-state index is 0.0150. The molecule has 0 aliphatic heterocycles. The van der Waals surface area contributed by atoms with Gasteiger partial charge in [-0.2, -0.15) is 0 Å². The molecule has 0 atom stereocenters. The summed E-state index contributed by atoms with van der Waals surface area (Å²) in [4.78, 5) is 11.1. The fourth-order valence-corrected chi connectivity index (χ4v) is 1.24. The molecule has 0 fully saturated rings. The van der Waals surface area contributed by atoms with Crippen LogP contribution in [0.3, 0.4) is 0 Å². The van der Waals surface area contributed by atoms with Crippen LogP contribution in [0.25, 0.3) is 11.3 Å². The third-order valence-corrected chi connectivity index (χ3v) is 2.00. The lowest BCUT2D eigenvalue weighted by atomic mass is 10.1. The van der Waals surface area contributed by atoms with Crippen molar-refractivity contribution in [2.45, 2.75) is 6.29 Å². The first-order valence-corrected chi connectivity index (χ1v) is 4.46. The zero-order chi connectivity index (χ0) is 11.5. The van der Waals surface area contributed by atoms with Crippen LogP contribution in [-0.4, -0.2) is 25.2 Å². The van der Waals surface area contributed by atoms with Gasteiger partial charge in [-0.15, -0.1) is 0 Å². The van der Waals surface area contributed by atoms with E-state index in [2.05, 4.69) is 15.0 Å². The van der Waals surface area contributed by atoms with Gasteiger partial charge in [0.1, 0.15) is 6.33 Å². The van der Waals surface area contributed by atoms with Gasteiger partial charge in [0.05, 0.1) is 17.6 Å². The summed E-state index contributed by atoms with van der Waals surface area (Å²) in [7, 11) is 0. The van der Waals surface area contributed by atoms with E-state index in [4.69, 9.17) is 10.2 Å². The molecule has 2 N–H and O–H groups in total. The van der Waals surface area contributed by atoms with Crippen molar-refractivity contribution in [3.63, 3.8) is 0 Å². The number of hydrogen-bond donors (Lipinski definition) is 2. The Morgan fingerprint density at radius 2 is 2.06 bits per heavy atom. The molecule has 0 saturated heterocycles. The van der Waals surface area contributed by atoms with Crippen molar-refractivity contribution >= 4 is 0 Å². The highest BCUT2D eigenvalue weighted by atomic mass is 19.1. The average molecular weight is 221 g/mol. The Bertz CT molecular complexity index is 505. The Morgan fingerprint density at radius 3 is 2.75 bits per heavy atom. The third kappa shape index (κ3) is 2.02. The number of aliphatic hydroxyl groups is 2. The van der Waals surface area contributed by atoms with E-state index in [1.807, 2.05) is 0 Å². The number of hydrogen-bond acceptors (Lipinski definition) is 5. The number of rotatable bonds is 2. The number of aliphatic hydroxyl groups excluding tert-OH is 1. The summed E-state index contributed by atoms with van der Waals surface area (Å²) in [5.74, 6) is -0.528. The molecule has 2 heterocycles. The molecular weight excluding hydrogens is 213 g/mol. The first kappa shape index (κ1) is 10.6. The highest BCUT2D eigenvalue weighted by Crippen LogP contribution is 2.20. The maximum Gasteiger partial charge on any atom is 0.196 e. The Balaban J connectivity index is 2.49. The number of nitrogens with zero attached hydrogens (tertiary/aromatic N) is 3. The quantitative estimate of drug-likeness (QED) is 0.728. The molecule has 0 saturated carbocycles. The maximum absolute atomic E-state index is 13.4. The monoisotopic (exact) mass is 221 g/mol. The van der Waals surface area contributed by atoms with Gasteiger partial charge < -0.3 is 10.2 Å². The Labute approximate surface area is 90.3 Å². The van der Waals surface area contributed by atoms with Gasteiger partial charge in [0.25, 0.3) is 0 Å². The molecule has 0 aliphatic carbocycles. The smallest absolute Gasteiger partial charge is 0.196 e. The minimum atomic E-state index is -1.70. The van der Waals surface area contributed by atoms with E-state index in [1.54, 1.807) is 0 Å². The van der Waals surface area contributed by atoms with E-state index in [1.165, 1.54) is 18.3 Å². The maximum atomic E-state index is 13.4. The van der Waals surface area contributed by atoms with Crippen molar-refractivity contribution < 1.29 is 14.6 Å². The van der Waals surface area contributed by atoms with Gasteiger partial charge in [0.2, 0.25) is 0 Å². The van der Waals surface area contributed by atoms with E-state index >= 15 is 0 Å². The molecule has 82 valence electrons. The zero-order valence-electron chi connectivity index (χ0n) is 8.08. The van der Waals surface area contributed by atoms with Crippen molar-refractivity contribution in [2.75, 3.05) is 0 Å². The van der Waals surface area contributed by atoms with Crippen LogP contribution in [0, 0.1) is 5.82 Å². The number of pyridine rings is 1. The predicted octanol–water partition coefficient (Wildman–Crippen LogP) is 0.661. The SMILES string of the molecule is OC(O)c1cc(-c2ccncc2F)ncn1. The molecule has 6 heteroatoms. The molecule has 0 aliphatic rings. The van der Waals surface area contributed by atoms with Gasteiger partial charge in [-0.1, -0.05) is 0 Å². The van der Waals surface area contributed by atoms with Crippen LogP contribution < -0.4 is 0 Å². The van der Waals surface area contributed by atoms with Crippen LogP contribution in [0.2, 0.25) is 0 Å². The third-order valence-electron chi connectivity index (χ3n) is 2.00. The molecule has 0 aromatic carbocycles. The largest absolute Gasteiger partial charge is 0.363 e. The first-order chi connectivity index (χ1) is 7.68. The van der Waals surface area contributed by atoms with Crippen LogP contribution in [0.15, 0.2) is 30.9 Å². The summed E-state index contributed by atoms with van der Waals surface area (Å²) in [6.45, 7) is 0. The van der Waals surface area contributed by atoms with Crippen LogP contribution >= 0.6 is 0 Å². The van der Waals surface area contributed by atoms with E-state index in [0.29, 0.717) is 0 Å². The summed E-state index contributed by atoms with van der Waals surface area (Å²) in [6.07, 6.45) is 1.93. The van der Waals surface area contributed by atoms with Gasteiger partial charge in [0, 0.05) is 11.8 Å². The molecule has 0 bridgehead atoms. The highest BCUT2D eigenvalue weighted by molar-refractivity contribution is 5.58. The van der Waals surface area contributed by atoms with Crippen LogP contribution in [0.4, 0.5) is 4.39 Å². The molecule has 16 heavy (non-hydrogen) atoms. The van der Waals surface area contributed by atoms with Gasteiger partial charge in [-0.25, -0.2) is 14.4 Å². The van der Waals surface area contributed by atoms with Crippen molar-refractivity contribution in [1.82, 2.24) is 15.0 Å². The minimum Gasteiger partial charge on any atom is -0.363 e. The van der Waals surface area contributed by atoms with E-state index in [9.17, 15) is 4.39 Å². The molecule has 2 aromatic heterocycles. The van der Waals surface area contributed by atoms with Gasteiger partial charge in [0.15, 0.2) is 12.1 Å². The molecule has 2 rings (SSSR count). The summed E-state index contributed by atoms with van der Waals surface area (Å²) in [5, 5.41) is 17.8. The Morgan fingerprint density at radius 1 is 1.25 bits per heavy atom. The normalized spacial score (nSPS) is 10.8. The first-order valence-electron chi connectivity index (χ1n) is 4.46. The lowest BCUT2D eigenvalue weighted by Crippen LogP contribution is -2.00. The zero-order valence-corrected chi connectivity index (χ0v) is 8.08. The molecule has 0 amide bonds. The molecule has 2 aromatic rings. The molecule has 5 nitrogen and oxygen atoms in total. The van der Waals surface area contributed by atoms with Crippen LogP contribution in [0.5, 0.6) is 0 Å². The fraction of sp³-hybridized carbons (Fsp3) is 0.100. The van der Waals surface area contributed by atoms with E-state index < -0.39 is 12.1 Å². The van der Waals surface area contributed by atoms with Gasteiger partial charge in [-0.05, 0) is 12.1 Å². The van der Waals surface area contributed by atoms with Crippen molar-refractivity contribution in [3.05, 3.63) is 42.4 Å². The number of halogens is 1. The van der Waals surface area contributed by atoms with E-state index in [0.717, 1.165) is 12.5 Å². The number of aromatic nitrogens is 3. The highest BCUT2D eigenvalue weighted by Gasteiger charge is 2.10. The van der Waals surface area contributed by atoms with E-state index in [-0.39, 0.29) is 17.0 Å². The second-order valence-electron chi connectivity index (χ2n) is 3.06. The standard InChI is InChI=1S/C10H8FN3O2/c11-7-4-12-2-1-6(7)8-3-9(10(15)16)14-5-13-8/h1-5,10,15-16H. The fourth-order valence-electron chi connectivity index (χ4n) is 1.24. The Hall–Kier alpha value is -1.92. The summed E-state index contributed by atoms with van der Waals surface area (Å²) >= 11 is 0. The topological polar surface area (TPSA) is 79.1 Å². The summed E-state index contributed by atoms with van der Waals surface area (Å²) in [5.41, 5.74) is 0.526. The summed E-state index contributed by atoms with van der Waals surface area (Å²) in [6, 6.07) is 2.76. The molecule has 0 spiro atoms. The Kier molecular flexibility index (Phi) is 2.84. The lowest BCUT2D eigenvalue weighted by Gasteiger charge is -2.05. The summed E-state index contributed by atoms with van der Waals surface area (Å²) < 4.78 is 13.4. The second-order valence-corrected chi connectivity index (χ2v) is 3.06. The van der Waals surface area contributed by atoms with Crippen LogP contribution in [0.1, 0.15) is 12.0 Å². The van der Waals surface area contributed by atoms with Crippen molar-refractivity contribution in [3.8, 4) is 11.3 Å². The van der Waals surface area contributed by atoms with Crippen molar-refractivity contribution in [1.29, 1.82) is 0 Å². The van der Waals surface area contributed by atoms with Crippen LogP contribution in [-0.2, 0) is 0 Å². The molecule has 0 unspecified atom stereocenters. The van der Waals surface area contributed by atoms with Crippen molar-refractivity contribution in [2.24, 2.45) is 0 Å². The second kappa shape index (κ2) is 4.30. The average Bonchev–Trinajstić information content (AvgIpc) is 2.30. The lowest BCUT2D eigenvalue weighted by molar-refractivity contribution is -0.0458. The van der Waals surface area contributed by atoms with Gasteiger partial charge in [-0.3, -0.25) is 4.98 Å². The molecular formula is C10H8FN3O2. The molecule has 0 radical (unpaired) electrons. The van der Waals surface area contributed by atoms with Gasteiger partial charge >= 0.3 is 0 Å².